The van der Waals surface area contributed by atoms with Gasteiger partial charge in [0.05, 0.1) is 23.1 Å². The maximum absolute atomic E-state index is 13.0. The van der Waals surface area contributed by atoms with Crippen LogP contribution in [-0.2, 0) is 11.0 Å². The van der Waals surface area contributed by atoms with Crippen molar-refractivity contribution in [1.82, 2.24) is 14.1 Å². The van der Waals surface area contributed by atoms with E-state index in [-0.39, 0.29) is 5.91 Å². The van der Waals surface area contributed by atoms with E-state index in [1.54, 1.807) is 12.4 Å². The molecule has 0 unspecified atom stereocenters. The molecule has 1 aliphatic rings. The van der Waals surface area contributed by atoms with Crippen molar-refractivity contribution in [3.05, 3.63) is 79.4 Å². The average Bonchev–Trinajstić information content (AvgIpc) is 3.39. The Hall–Kier alpha value is -3.81. The standard InChI is InChI=1S/C24H19F3N4O/c1-2-23(32)29-16-5-10-22-19(11-16)20(21-13-30(14-28-21)17-8-9-17)12-31(22)18-6-3-15(4-7-18)24(25,26)27/h2-7,10-14,17H,1,8-9H2,(H,29,32). The highest BCUT2D eigenvalue weighted by molar-refractivity contribution is 6.03. The molecule has 4 aromatic rings. The maximum atomic E-state index is 13.0. The predicted molar refractivity (Wildman–Crippen MR) is 117 cm³/mol. The summed E-state index contributed by atoms with van der Waals surface area (Å²) in [6.07, 6.45) is 4.70. The Morgan fingerprint density at radius 3 is 2.53 bits per heavy atom. The van der Waals surface area contributed by atoms with Crippen molar-refractivity contribution in [2.45, 2.75) is 25.1 Å². The van der Waals surface area contributed by atoms with Gasteiger partial charge in [-0.05, 0) is 61.4 Å². The fourth-order valence-corrected chi connectivity index (χ4v) is 3.78. The van der Waals surface area contributed by atoms with Gasteiger partial charge in [0.1, 0.15) is 0 Å². The highest BCUT2D eigenvalue weighted by Crippen LogP contribution is 2.38. The van der Waals surface area contributed by atoms with Crippen molar-refractivity contribution in [1.29, 1.82) is 0 Å². The largest absolute Gasteiger partial charge is 0.416 e. The van der Waals surface area contributed by atoms with E-state index in [4.69, 9.17) is 0 Å². The van der Waals surface area contributed by atoms with Crippen molar-refractivity contribution < 1.29 is 18.0 Å². The van der Waals surface area contributed by atoms with Gasteiger partial charge in [0, 0.05) is 40.8 Å². The van der Waals surface area contributed by atoms with Gasteiger partial charge in [0.2, 0.25) is 5.91 Å². The number of nitrogens with one attached hydrogen (secondary N) is 1. The number of rotatable bonds is 5. The number of carbonyl (C=O) groups excluding carboxylic acids is 1. The smallest absolute Gasteiger partial charge is 0.334 e. The molecule has 5 nitrogen and oxygen atoms in total. The molecule has 162 valence electrons. The number of benzene rings is 2. The molecule has 2 aromatic carbocycles. The molecule has 1 aliphatic carbocycles. The molecule has 0 aliphatic heterocycles. The summed E-state index contributed by atoms with van der Waals surface area (Å²) in [5, 5.41) is 3.58. The SMILES string of the molecule is C=CC(=O)Nc1ccc2c(c1)c(-c1cn(C3CC3)cn1)cn2-c1ccc(C(F)(F)F)cc1. The van der Waals surface area contributed by atoms with Crippen LogP contribution < -0.4 is 5.32 Å². The Morgan fingerprint density at radius 1 is 1.12 bits per heavy atom. The number of imidazole rings is 1. The third-order valence-corrected chi connectivity index (χ3v) is 5.58. The van der Waals surface area contributed by atoms with Crippen LogP contribution in [0.4, 0.5) is 18.9 Å². The van der Waals surface area contributed by atoms with E-state index in [9.17, 15) is 18.0 Å². The normalized spacial score (nSPS) is 14.0. The molecule has 1 N–H and O–H groups in total. The number of fused-ring (bicyclic) bond motifs is 1. The minimum Gasteiger partial charge on any atom is -0.334 e. The first-order valence-electron chi connectivity index (χ1n) is 10.1. The topological polar surface area (TPSA) is 51.9 Å². The number of aromatic nitrogens is 3. The highest BCUT2D eigenvalue weighted by atomic mass is 19.4. The van der Waals surface area contributed by atoms with Crippen molar-refractivity contribution in [3.63, 3.8) is 0 Å². The van der Waals surface area contributed by atoms with Crippen molar-refractivity contribution in [3.8, 4) is 16.9 Å². The van der Waals surface area contributed by atoms with E-state index < -0.39 is 11.7 Å². The molecule has 0 bridgehead atoms. The number of halogens is 3. The number of hydrogen-bond donors (Lipinski definition) is 1. The second-order valence-electron chi connectivity index (χ2n) is 7.82. The minimum absolute atomic E-state index is 0.328. The zero-order chi connectivity index (χ0) is 22.5. The first-order chi connectivity index (χ1) is 15.3. The zero-order valence-corrected chi connectivity index (χ0v) is 16.9. The van der Waals surface area contributed by atoms with Gasteiger partial charge in [0.25, 0.3) is 0 Å². The monoisotopic (exact) mass is 436 g/mol. The Kier molecular flexibility index (Phi) is 4.65. The van der Waals surface area contributed by atoms with Crippen LogP contribution in [0.5, 0.6) is 0 Å². The Labute approximate surface area is 181 Å². The van der Waals surface area contributed by atoms with Crippen molar-refractivity contribution in [2.24, 2.45) is 0 Å². The van der Waals surface area contributed by atoms with Gasteiger partial charge in [-0.1, -0.05) is 6.58 Å². The van der Waals surface area contributed by atoms with Gasteiger partial charge in [-0.2, -0.15) is 13.2 Å². The number of carbonyl (C=O) groups is 1. The van der Waals surface area contributed by atoms with Gasteiger partial charge in [0.15, 0.2) is 0 Å². The maximum Gasteiger partial charge on any atom is 0.416 e. The third kappa shape index (κ3) is 3.68. The van der Waals surface area contributed by atoms with Crippen LogP contribution in [0.15, 0.2) is 73.8 Å². The minimum atomic E-state index is -4.39. The summed E-state index contributed by atoms with van der Waals surface area (Å²) in [4.78, 5) is 16.3. The van der Waals surface area contributed by atoms with E-state index >= 15 is 0 Å². The molecule has 1 saturated carbocycles. The number of nitrogens with zero attached hydrogens (tertiary/aromatic N) is 3. The summed E-state index contributed by atoms with van der Waals surface area (Å²) in [6.45, 7) is 3.47. The van der Waals surface area contributed by atoms with Gasteiger partial charge < -0.3 is 14.5 Å². The third-order valence-electron chi connectivity index (χ3n) is 5.58. The molecule has 0 atom stereocenters. The Balaban J connectivity index is 1.64. The highest BCUT2D eigenvalue weighted by Gasteiger charge is 2.30. The molecule has 0 radical (unpaired) electrons. The lowest BCUT2D eigenvalue weighted by Gasteiger charge is -2.10. The Morgan fingerprint density at radius 2 is 1.88 bits per heavy atom. The van der Waals surface area contributed by atoms with Crippen LogP contribution >= 0.6 is 0 Å². The first kappa shape index (κ1) is 20.1. The van der Waals surface area contributed by atoms with E-state index in [0.717, 1.165) is 47.1 Å². The number of anilines is 1. The lowest BCUT2D eigenvalue weighted by Crippen LogP contribution is -2.07. The molecule has 32 heavy (non-hydrogen) atoms. The van der Waals surface area contributed by atoms with Crippen molar-refractivity contribution in [2.75, 3.05) is 5.32 Å². The van der Waals surface area contributed by atoms with Crippen LogP contribution in [-0.4, -0.2) is 20.0 Å². The molecular weight excluding hydrogens is 417 g/mol. The van der Waals surface area contributed by atoms with E-state index in [1.165, 1.54) is 18.2 Å². The number of alkyl halides is 3. The van der Waals surface area contributed by atoms with E-state index in [0.29, 0.717) is 17.4 Å². The van der Waals surface area contributed by atoms with E-state index in [1.807, 2.05) is 29.1 Å². The van der Waals surface area contributed by atoms with Crippen LogP contribution in [0.3, 0.4) is 0 Å². The summed E-state index contributed by atoms with van der Waals surface area (Å²) in [6, 6.07) is 10.9. The second-order valence-corrected chi connectivity index (χ2v) is 7.82. The average molecular weight is 436 g/mol. The van der Waals surface area contributed by atoms with Gasteiger partial charge in [-0.3, -0.25) is 4.79 Å². The molecule has 1 amide bonds. The first-order valence-corrected chi connectivity index (χ1v) is 10.1. The molecule has 0 spiro atoms. The molecule has 1 fully saturated rings. The lowest BCUT2D eigenvalue weighted by molar-refractivity contribution is -0.137. The molecule has 2 heterocycles. The van der Waals surface area contributed by atoms with Gasteiger partial charge in [-0.15, -0.1) is 0 Å². The van der Waals surface area contributed by atoms with Crippen molar-refractivity contribution >= 4 is 22.5 Å². The summed E-state index contributed by atoms with van der Waals surface area (Å²) < 4.78 is 42.9. The lowest BCUT2D eigenvalue weighted by atomic mass is 10.1. The van der Waals surface area contributed by atoms with Crippen LogP contribution in [0, 0.1) is 0 Å². The Bertz CT molecular complexity index is 1330. The molecular formula is C24H19F3N4O. The fraction of sp³-hybridized carbons (Fsp3) is 0.167. The van der Waals surface area contributed by atoms with Crippen LogP contribution in [0.25, 0.3) is 27.8 Å². The molecule has 0 saturated heterocycles. The molecule has 2 aromatic heterocycles. The van der Waals surface area contributed by atoms with E-state index in [2.05, 4.69) is 21.4 Å². The number of hydrogen-bond acceptors (Lipinski definition) is 2. The van der Waals surface area contributed by atoms with Crippen LogP contribution in [0.1, 0.15) is 24.4 Å². The summed E-state index contributed by atoms with van der Waals surface area (Å²) >= 11 is 0. The van der Waals surface area contributed by atoms with Gasteiger partial charge >= 0.3 is 6.18 Å². The summed E-state index contributed by atoms with van der Waals surface area (Å²) in [7, 11) is 0. The summed E-state index contributed by atoms with van der Waals surface area (Å²) in [5.41, 5.74) is 2.87. The number of amides is 1. The molecule has 8 heteroatoms. The van der Waals surface area contributed by atoms with Gasteiger partial charge in [-0.25, -0.2) is 4.98 Å². The quantitative estimate of drug-likeness (QED) is 0.392. The second kappa shape index (κ2) is 7.40. The van der Waals surface area contributed by atoms with Crippen LogP contribution in [0.2, 0.25) is 0 Å². The molecule has 5 rings (SSSR count). The fourth-order valence-electron chi connectivity index (χ4n) is 3.78. The predicted octanol–water partition coefficient (Wildman–Crippen LogP) is 5.97. The zero-order valence-electron chi connectivity index (χ0n) is 16.9. The summed E-state index contributed by atoms with van der Waals surface area (Å²) in [5.74, 6) is -0.328.